The Kier molecular flexibility index (Phi) is 7.22. The van der Waals surface area contributed by atoms with Gasteiger partial charge in [0.25, 0.3) is 5.56 Å². The van der Waals surface area contributed by atoms with Crippen LogP contribution in [-0.4, -0.2) is 61.3 Å². The van der Waals surface area contributed by atoms with Crippen LogP contribution in [0.15, 0.2) is 52.2 Å². The summed E-state index contributed by atoms with van der Waals surface area (Å²) < 4.78 is 30.5. The first-order valence-corrected chi connectivity index (χ1v) is 11.3. The Bertz CT molecular complexity index is 1150. The number of aliphatic hydroxyl groups is 2. The third kappa shape index (κ3) is 5.58. The van der Waals surface area contributed by atoms with E-state index in [0.717, 1.165) is 16.8 Å². The first-order valence-electron chi connectivity index (χ1n) is 9.80. The molecule has 3 rings (SSSR count). The van der Waals surface area contributed by atoms with Gasteiger partial charge in [-0.25, -0.2) is 9.36 Å². The van der Waals surface area contributed by atoms with Crippen LogP contribution in [0.5, 0.6) is 5.75 Å². The number of nitrogens with zero attached hydrogens (tertiary/aromatic N) is 1. The van der Waals surface area contributed by atoms with E-state index in [2.05, 4.69) is 5.09 Å². The number of aromatic amines is 1. The second kappa shape index (κ2) is 9.59. The van der Waals surface area contributed by atoms with Crippen molar-refractivity contribution >= 4 is 13.7 Å². The molecule has 0 amide bonds. The molecule has 6 atom stereocenters. The van der Waals surface area contributed by atoms with Crippen molar-refractivity contribution in [3.63, 3.8) is 0 Å². The monoisotopic (exact) mass is 485 g/mol. The molecule has 180 valence electrons. The fraction of sp³-hybridized carbons (Fsp3) is 0.421. The normalized spacial score (nSPS) is 27.6. The number of benzene rings is 1. The Morgan fingerprint density at radius 2 is 2.00 bits per heavy atom. The van der Waals surface area contributed by atoms with E-state index in [1.165, 1.54) is 26.0 Å². The van der Waals surface area contributed by atoms with Crippen LogP contribution < -0.4 is 20.9 Å². The Morgan fingerprint density at radius 1 is 1.33 bits per heavy atom. The van der Waals surface area contributed by atoms with Crippen molar-refractivity contribution in [2.75, 3.05) is 6.61 Å². The van der Waals surface area contributed by atoms with Gasteiger partial charge in [0.05, 0.1) is 6.61 Å². The summed E-state index contributed by atoms with van der Waals surface area (Å²) in [6, 6.07) is 7.58. The Balaban J connectivity index is 1.81. The largest absolute Gasteiger partial charge is 0.480 e. The quantitative estimate of drug-likeness (QED) is 0.296. The van der Waals surface area contributed by atoms with Crippen molar-refractivity contribution in [1.82, 2.24) is 14.6 Å². The molecular weight excluding hydrogens is 461 g/mol. The van der Waals surface area contributed by atoms with Crippen LogP contribution in [0.3, 0.4) is 0 Å². The van der Waals surface area contributed by atoms with Gasteiger partial charge >= 0.3 is 19.4 Å². The van der Waals surface area contributed by atoms with Crippen LogP contribution in [0.1, 0.15) is 20.1 Å². The summed E-state index contributed by atoms with van der Waals surface area (Å²) in [6.45, 7) is 1.85. The number of ether oxygens (including phenoxy) is 1. The number of para-hydroxylation sites is 1. The lowest BCUT2D eigenvalue weighted by Gasteiger charge is -2.28. The Labute approximate surface area is 187 Å². The lowest BCUT2D eigenvalue weighted by molar-refractivity contribution is -0.138. The van der Waals surface area contributed by atoms with E-state index in [1.807, 2.05) is 4.98 Å². The summed E-state index contributed by atoms with van der Waals surface area (Å²) in [4.78, 5) is 36.6. The van der Waals surface area contributed by atoms with Gasteiger partial charge in [-0.3, -0.25) is 23.7 Å². The van der Waals surface area contributed by atoms with E-state index in [4.69, 9.17) is 18.9 Å². The number of aliphatic hydroxyl groups excluding tert-OH is 1. The number of carboxylic acids is 1. The van der Waals surface area contributed by atoms with Gasteiger partial charge in [-0.05, 0) is 26.0 Å². The van der Waals surface area contributed by atoms with Crippen LogP contribution in [0, 0.1) is 0 Å². The molecule has 0 aliphatic carbocycles. The molecule has 1 fully saturated rings. The van der Waals surface area contributed by atoms with E-state index in [1.54, 1.807) is 18.2 Å². The van der Waals surface area contributed by atoms with Crippen molar-refractivity contribution in [1.29, 1.82) is 0 Å². The highest BCUT2D eigenvalue weighted by Gasteiger charge is 2.54. The molecule has 0 bridgehead atoms. The SMILES string of the molecule is CC(NP(=O)(OC[C@H]1O[C@@H](n2ccc(=O)[nH]c2=O)[C@H](O)[C@@]1(C)O)Oc1ccccc1)C(=O)O. The van der Waals surface area contributed by atoms with E-state index < -0.39 is 61.7 Å². The zero-order valence-corrected chi connectivity index (χ0v) is 18.5. The van der Waals surface area contributed by atoms with Gasteiger partial charge in [-0.15, -0.1) is 0 Å². The molecule has 0 saturated carbocycles. The molecule has 1 aromatic carbocycles. The zero-order chi connectivity index (χ0) is 24.4. The maximum Gasteiger partial charge on any atom is 0.459 e. The molecule has 14 heteroatoms. The summed E-state index contributed by atoms with van der Waals surface area (Å²) in [7, 11) is -4.31. The number of hydrogen-bond acceptors (Lipinski definition) is 9. The van der Waals surface area contributed by atoms with Crippen molar-refractivity contribution in [3.8, 4) is 5.75 Å². The number of nitrogens with one attached hydrogen (secondary N) is 2. The van der Waals surface area contributed by atoms with E-state index in [-0.39, 0.29) is 5.75 Å². The average molecular weight is 485 g/mol. The van der Waals surface area contributed by atoms with Crippen molar-refractivity contribution < 1.29 is 38.5 Å². The van der Waals surface area contributed by atoms with E-state index >= 15 is 0 Å². The number of H-pyrrole nitrogens is 1. The molecule has 2 aromatic rings. The first-order chi connectivity index (χ1) is 15.4. The summed E-state index contributed by atoms with van der Waals surface area (Å²) >= 11 is 0. The minimum atomic E-state index is -4.31. The first kappa shape index (κ1) is 24.8. The summed E-state index contributed by atoms with van der Waals surface area (Å²) in [5, 5.41) is 32.8. The second-order valence-electron chi connectivity index (χ2n) is 7.59. The Morgan fingerprint density at radius 3 is 2.61 bits per heavy atom. The van der Waals surface area contributed by atoms with Gasteiger partial charge in [0.2, 0.25) is 0 Å². The maximum atomic E-state index is 13.3. The number of carbonyl (C=O) groups is 1. The minimum Gasteiger partial charge on any atom is -0.480 e. The van der Waals surface area contributed by atoms with Gasteiger partial charge in [-0.1, -0.05) is 18.2 Å². The van der Waals surface area contributed by atoms with Gasteiger partial charge < -0.3 is 24.6 Å². The molecular formula is C19H24N3O10P. The average Bonchev–Trinajstić information content (AvgIpc) is 2.96. The third-order valence-electron chi connectivity index (χ3n) is 5.04. The smallest absolute Gasteiger partial charge is 0.459 e. The van der Waals surface area contributed by atoms with Crippen LogP contribution >= 0.6 is 7.75 Å². The molecule has 13 nitrogen and oxygen atoms in total. The highest BCUT2D eigenvalue weighted by atomic mass is 31.2. The molecule has 0 radical (unpaired) electrons. The second-order valence-corrected chi connectivity index (χ2v) is 9.28. The van der Waals surface area contributed by atoms with Gasteiger partial charge in [0, 0.05) is 12.3 Å². The third-order valence-corrected chi connectivity index (χ3v) is 6.68. The topological polar surface area (TPSA) is 189 Å². The number of rotatable bonds is 9. The minimum absolute atomic E-state index is 0.128. The number of carboxylic acid groups (broad SMARTS) is 1. The standard InChI is InChI=1S/C19H24N3O10P/c1-11(17(25)26)21-33(29,32-12-6-4-3-5-7-12)30-10-13-19(2,28)15(24)16(31-13)22-9-8-14(23)20-18(22)27/h3-9,11,13,15-16,24,28H,10H2,1-2H3,(H,21,29)(H,25,26)(H,20,23,27)/t11?,13-,15+,16-,19+,33?/m1/s1. The number of aliphatic carboxylic acids is 1. The summed E-state index contributed by atoms with van der Waals surface area (Å²) in [5.74, 6) is -1.18. The zero-order valence-electron chi connectivity index (χ0n) is 17.7. The lowest BCUT2D eigenvalue weighted by Crippen LogP contribution is -2.47. The fourth-order valence-electron chi connectivity index (χ4n) is 3.08. The van der Waals surface area contributed by atoms with Crippen molar-refractivity contribution in [3.05, 3.63) is 63.4 Å². The lowest BCUT2D eigenvalue weighted by atomic mass is 9.95. The molecule has 1 aliphatic heterocycles. The predicted molar refractivity (Wildman–Crippen MR) is 113 cm³/mol. The van der Waals surface area contributed by atoms with Crippen molar-refractivity contribution in [2.24, 2.45) is 0 Å². The number of hydrogen-bond donors (Lipinski definition) is 5. The van der Waals surface area contributed by atoms with Crippen molar-refractivity contribution in [2.45, 2.75) is 43.9 Å². The molecule has 5 N–H and O–H groups in total. The van der Waals surface area contributed by atoms with Crippen LogP contribution in [0.4, 0.5) is 0 Å². The van der Waals surface area contributed by atoms with Gasteiger partial charge in [0.15, 0.2) is 6.23 Å². The molecule has 2 unspecified atom stereocenters. The molecule has 33 heavy (non-hydrogen) atoms. The predicted octanol–water partition coefficient (Wildman–Crippen LogP) is -0.188. The van der Waals surface area contributed by atoms with Gasteiger partial charge in [0.1, 0.15) is 29.6 Å². The van der Waals surface area contributed by atoms with Crippen LogP contribution in [0.2, 0.25) is 0 Å². The van der Waals surface area contributed by atoms with Crippen LogP contribution in [-0.2, 0) is 18.6 Å². The van der Waals surface area contributed by atoms with Crippen LogP contribution in [0.25, 0.3) is 0 Å². The highest BCUT2D eigenvalue weighted by molar-refractivity contribution is 7.52. The maximum absolute atomic E-state index is 13.3. The highest BCUT2D eigenvalue weighted by Crippen LogP contribution is 2.46. The molecule has 2 heterocycles. The Hall–Kier alpha value is -2.80. The molecule has 1 saturated heterocycles. The van der Waals surface area contributed by atoms with Gasteiger partial charge in [-0.2, -0.15) is 5.09 Å². The molecule has 1 aliphatic rings. The summed E-state index contributed by atoms with van der Waals surface area (Å²) in [5.41, 5.74) is -3.51. The summed E-state index contributed by atoms with van der Waals surface area (Å²) in [6.07, 6.45) is -3.24. The number of aromatic nitrogens is 2. The van der Waals surface area contributed by atoms with E-state index in [0.29, 0.717) is 0 Å². The fourth-order valence-corrected chi connectivity index (χ4v) is 4.58. The molecule has 1 aromatic heterocycles. The van der Waals surface area contributed by atoms with E-state index in [9.17, 15) is 29.2 Å². The molecule has 0 spiro atoms.